The maximum absolute atomic E-state index is 12.7. The first-order valence-electron chi connectivity index (χ1n) is 9.79. The fourth-order valence-corrected chi connectivity index (χ4v) is 2.99. The summed E-state index contributed by atoms with van der Waals surface area (Å²) >= 11 is 0. The average molecular weight is 367 g/mol. The van der Waals surface area contributed by atoms with E-state index in [4.69, 9.17) is 0 Å². The minimum Gasteiger partial charge on any atom is -0.337 e. The number of nitrogens with one attached hydrogen (secondary N) is 1. The van der Waals surface area contributed by atoms with E-state index in [9.17, 15) is 9.59 Å². The molecule has 4 heteroatoms. The number of nitrogens with zero attached hydrogens (tertiary/aromatic N) is 1. The molecule has 0 saturated heterocycles. The number of amides is 2. The van der Waals surface area contributed by atoms with Crippen LogP contribution in [0.4, 0.5) is 5.69 Å². The van der Waals surface area contributed by atoms with E-state index in [0.717, 1.165) is 18.4 Å². The monoisotopic (exact) mass is 366 g/mol. The van der Waals surface area contributed by atoms with Crippen LogP contribution in [-0.2, 0) is 11.3 Å². The highest BCUT2D eigenvalue weighted by Crippen LogP contribution is 2.15. The Kier molecular flexibility index (Phi) is 8.56. The van der Waals surface area contributed by atoms with Crippen LogP contribution in [0, 0.1) is 0 Å². The highest BCUT2D eigenvalue weighted by Gasteiger charge is 2.13. The molecule has 0 aliphatic carbocycles. The van der Waals surface area contributed by atoms with Crippen molar-refractivity contribution >= 4 is 17.5 Å². The molecule has 0 spiro atoms. The Morgan fingerprint density at radius 3 is 2.41 bits per heavy atom. The van der Waals surface area contributed by atoms with Crippen LogP contribution in [0.1, 0.15) is 61.4 Å². The van der Waals surface area contributed by atoms with Crippen molar-refractivity contribution in [1.29, 1.82) is 0 Å². The molecule has 0 unspecified atom stereocenters. The van der Waals surface area contributed by atoms with Crippen molar-refractivity contribution in [3.05, 3.63) is 65.7 Å². The zero-order valence-corrected chi connectivity index (χ0v) is 16.4. The number of carbonyl (C=O) groups excluding carboxylic acids is 2. The number of anilines is 1. The lowest BCUT2D eigenvalue weighted by atomic mass is 10.1. The largest absolute Gasteiger partial charge is 0.337 e. The van der Waals surface area contributed by atoms with Gasteiger partial charge in [0, 0.05) is 31.3 Å². The Balaban J connectivity index is 1.88. The third-order valence-electron chi connectivity index (χ3n) is 4.51. The molecule has 4 nitrogen and oxygen atoms in total. The molecule has 0 saturated carbocycles. The Labute approximate surface area is 162 Å². The van der Waals surface area contributed by atoms with Crippen molar-refractivity contribution in [2.24, 2.45) is 0 Å². The Hall–Kier alpha value is -2.62. The fraction of sp³-hybridized carbons (Fsp3) is 0.391. The molecule has 2 aromatic rings. The summed E-state index contributed by atoms with van der Waals surface area (Å²) in [6, 6.07) is 17.0. The predicted molar refractivity (Wildman–Crippen MR) is 111 cm³/mol. The van der Waals surface area contributed by atoms with Gasteiger partial charge in [0.05, 0.1) is 0 Å². The van der Waals surface area contributed by atoms with Gasteiger partial charge in [-0.2, -0.15) is 0 Å². The zero-order valence-electron chi connectivity index (χ0n) is 16.4. The lowest BCUT2D eigenvalue weighted by Gasteiger charge is -2.18. The van der Waals surface area contributed by atoms with Crippen molar-refractivity contribution < 1.29 is 9.59 Å². The van der Waals surface area contributed by atoms with Crippen LogP contribution in [0.3, 0.4) is 0 Å². The number of hydrogen-bond donors (Lipinski definition) is 1. The SMILES string of the molecule is CCCCCCCC(=O)Nc1cccc(C(=O)N(C)Cc2ccccc2)c1. The van der Waals surface area contributed by atoms with Crippen molar-refractivity contribution in [2.45, 2.75) is 52.0 Å². The second-order valence-electron chi connectivity index (χ2n) is 6.94. The van der Waals surface area contributed by atoms with Crippen LogP contribution >= 0.6 is 0 Å². The van der Waals surface area contributed by atoms with E-state index in [1.807, 2.05) is 36.4 Å². The van der Waals surface area contributed by atoms with E-state index in [1.54, 1.807) is 30.1 Å². The van der Waals surface area contributed by atoms with Crippen molar-refractivity contribution in [3.63, 3.8) is 0 Å². The molecule has 0 aromatic heterocycles. The van der Waals surface area contributed by atoms with Gasteiger partial charge in [0.1, 0.15) is 0 Å². The lowest BCUT2D eigenvalue weighted by Crippen LogP contribution is -2.26. The minimum absolute atomic E-state index is 0.00809. The quantitative estimate of drug-likeness (QED) is 0.583. The van der Waals surface area contributed by atoms with Gasteiger partial charge >= 0.3 is 0 Å². The second-order valence-corrected chi connectivity index (χ2v) is 6.94. The molecule has 27 heavy (non-hydrogen) atoms. The van der Waals surface area contributed by atoms with E-state index in [-0.39, 0.29) is 11.8 Å². The van der Waals surface area contributed by atoms with E-state index >= 15 is 0 Å². The first kappa shape index (κ1) is 20.7. The van der Waals surface area contributed by atoms with Crippen molar-refractivity contribution in [1.82, 2.24) is 4.90 Å². The van der Waals surface area contributed by atoms with Gasteiger partial charge in [-0.25, -0.2) is 0 Å². The predicted octanol–water partition coefficient (Wildman–Crippen LogP) is 5.26. The molecule has 0 aliphatic heterocycles. The van der Waals surface area contributed by atoms with Crippen LogP contribution in [0.25, 0.3) is 0 Å². The summed E-state index contributed by atoms with van der Waals surface area (Å²) in [6.07, 6.45) is 6.12. The summed E-state index contributed by atoms with van der Waals surface area (Å²) in [6.45, 7) is 2.73. The molecule has 0 atom stereocenters. The van der Waals surface area contributed by atoms with Crippen LogP contribution in [0.2, 0.25) is 0 Å². The zero-order chi connectivity index (χ0) is 19.5. The molecule has 2 aromatic carbocycles. The third kappa shape index (κ3) is 7.26. The minimum atomic E-state index is -0.0606. The summed E-state index contributed by atoms with van der Waals surface area (Å²) in [5.74, 6) is -0.0525. The van der Waals surface area contributed by atoms with Gasteiger partial charge in [-0.3, -0.25) is 9.59 Å². The van der Waals surface area contributed by atoms with Crippen LogP contribution in [-0.4, -0.2) is 23.8 Å². The third-order valence-corrected chi connectivity index (χ3v) is 4.51. The molecule has 0 bridgehead atoms. The average Bonchev–Trinajstić information content (AvgIpc) is 2.68. The number of benzene rings is 2. The van der Waals surface area contributed by atoms with Gasteiger partial charge in [-0.15, -0.1) is 0 Å². The molecule has 144 valence electrons. The Morgan fingerprint density at radius 1 is 0.926 bits per heavy atom. The Bertz CT molecular complexity index is 728. The topological polar surface area (TPSA) is 49.4 Å². The first-order chi connectivity index (χ1) is 13.1. The summed E-state index contributed by atoms with van der Waals surface area (Å²) in [7, 11) is 1.79. The number of unbranched alkanes of at least 4 members (excludes halogenated alkanes) is 4. The van der Waals surface area contributed by atoms with Crippen LogP contribution < -0.4 is 5.32 Å². The van der Waals surface area contributed by atoms with E-state index < -0.39 is 0 Å². The normalized spacial score (nSPS) is 10.4. The molecule has 0 radical (unpaired) electrons. The van der Waals surface area contributed by atoms with E-state index in [0.29, 0.717) is 24.2 Å². The molecule has 1 N–H and O–H groups in total. The first-order valence-corrected chi connectivity index (χ1v) is 9.79. The summed E-state index contributed by atoms with van der Waals surface area (Å²) in [4.78, 5) is 26.5. The van der Waals surface area contributed by atoms with Crippen LogP contribution in [0.5, 0.6) is 0 Å². The van der Waals surface area contributed by atoms with Gasteiger partial charge in [0.25, 0.3) is 5.91 Å². The highest BCUT2D eigenvalue weighted by molar-refractivity contribution is 5.97. The van der Waals surface area contributed by atoms with Gasteiger partial charge in [0.2, 0.25) is 5.91 Å². The van der Waals surface area contributed by atoms with E-state index in [2.05, 4.69) is 12.2 Å². The van der Waals surface area contributed by atoms with Gasteiger partial charge in [-0.1, -0.05) is 69.0 Å². The number of carbonyl (C=O) groups is 2. The smallest absolute Gasteiger partial charge is 0.253 e. The highest BCUT2D eigenvalue weighted by atomic mass is 16.2. The fourth-order valence-electron chi connectivity index (χ4n) is 2.99. The molecule has 0 fully saturated rings. The molecule has 2 rings (SSSR count). The summed E-state index contributed by atoms with van der Waals surface area (Å²) < 4.78 is 0. The summed E-state index contributed by atoms with van der Waals surface area (Å²) in [5, 5.41) is 2.91. The lowest BCUT2D eigenvalue weighted by molar-refractivity contribution is -0.116. The number of rotatable bonds is 10. The van der Waals surface area contributed by atoms with Crippen molar-refractivity contribution in [3.8, 4) is 0 Å². The maximum Gasteiger partial charge on any atom is 0.253 e. The molecule has 0 heterocycles. The molecule has 2 amide bonds. The van der Waals surface area contributed by atoms with Gasteiger partial charge in [-0.05, 0) is 30.2 Å². The van der Waals surface area contributed by atoms with E-state index in [1.165, 1.54) is 19.3 Å². The molecule has 0 aliphatic rings. The van der Waals surface area contributed by atoms with Crippen molar-refractivity contribution in [2.75, 3.05) is 12.4 Å². The maximum atomic E-state index is 12.7. The summed E-state index contributed by atoms with van der Waals surface area (Å²) in [5.41, 5.74) is 2.34. The molecular weight excluding hydrogens is 336 g/mol. The standard InChI is InChI=1S/C23H30N2O2/c1-3-4-5-6-10-16-22(26)24-21-15-11-14-20(17-21)23(27)25(2)18-19-12-8-7-9-13-19/h7-9,11-15,17H,3-6,10,16,18H2,1-2H3,(H,24,26). The second kappa shape index (κ2) is 11.2. The Morgan fingerprint density at radius 2 is 1.67 bits per heavy atom. The van der Waals surface area contributed by atoms with Gasteiger partial charge in [0.15, 0.2) is 0 Å². The number of hydrogen-bond acceptors (Lipinski definition) is 2. The molecular formula is C23H30N2O2. The van der Waals surface area contributed by atoms with Crippen LogP contribution in [0.15, 0.2) is 54.6 Å². The van der Waals surface area contributed by atoms with Gasteiger partial charge < -0.3 is 10.2 Å².